The van der Waals surface area contributed by atoms with E-state index in [1.54, 1.807) is 0 Å². The second kappa shape index (κ2) is 6.24. The lowest BCUT2D eigenvalue weighted by Crippen LogP contribution is -2.30. The lowest BCUT2D eigenvalue weighted by Gasteiger charge is -2.34. The molecule has 92 valence electrons. The fraction of sp³-hybridized carbons (Fsp3) is 0.733. The molecule has 0 saturated heterocycles. The van der Waals surface area contributed by atoms with Crippen molar-refractivity contribution in [2.75, 3.05) is 0 Å². The number of hydrogen-bond acceptors (Lipinski definition) is 1. The molecule has 1 fully saturated rings. The highest BCUT2D eigenvalue weighted by Gasteiger charge is 2.28. The molecule has 0 unspecified atom stereocenters. The van der Waals surface area contributed by atoms with Gasteiger partial charge in [0.05, 0.1) is 6.10 Å². The monoisotopic (exact) mass is 222 g/mol. The SMILES string of the molecule is C=C(C)/C=C\C[C@H](C)[C@H]1CC[C@H](C)[C@@H](O)C1. The Morgan fingerprint density at radius 1 is 1.50 bits per heavy atom. The summed E-state index contributed by atoms with van der Waals surface area (Å²) in [4.78, 5) is 0. The molecule has 0 aliphatic heterocycles. The van der Waals surface area contributed by atoms with Gasteiger partial charge < -0.3 is 5.11 Å². The van der Waals surface area contributed by atoms with Gasteiger partial charge in [0.15, 0.2) is 0 Å². The highest BCUT2D eigenvalue weighted by molar-refractivity contribution is 5.10. The van der Waals surface area contributed by atoms with Crippen LogP contribution in [0.4, 0.5) is 0 Å². The van der Waals surface area contributed by atoms with Crippen molar-refractivity contribution in [2.24, 2.45) is 17.8 Å². The van der Waals surface area contributed by atoms with Crippen molar-refractivity contribution >= 4 is 0 Å². The molecule has 0 aromatic rings. The van der Waals surface area contributed by atoms with Gasteiger partial charge >= 0.3 is 0 Å². The minimum Gasteiger partial charge on any atom is -0.393 e. The maximum absolute atomic E-state index is 9.88. The second-order valence-corrected chi connectivity index (χ2v) is 5.58. The van der Waals surface area contributed by atoms with E-state index in [0.29, 0.717) is 17.8 Å². The highest BCUT2D eigenvalue weighted by atomic mass is 16.3. The molecule has 0 spiro atoms. The molecule has 0 amide bonds. The van der Waals surface area contributed by atoms with Crippen LogP contribution in [0.2, 0.25) is 0 Å². The van der Waals surface area contributed by atoms with Crippen LogP contribution in [0.25, 0.3) is 0 Å². The normalized spacial score (nSPS) is 32.9. The van der Waals surface area contributed by atoms with Crippen LogP contribution in [0.1, 0.15) is 46.5 Å². The molecule has 1 heteroatoms. The summed E-state index contributed by atoms with van der Waals surface area (Å²) < 4.78 is 0. The molecule has 1 N–H and O–H groups in total. The first-order chi connectivity index (χ1) is 7.50. The van der Waals surface area contributed by atoms with Crippen LogP contribution in [0.15, 0.2) is 24.3 Å². The van der Waals surface area contributed by atoms with Crippen molar-refractivity contribution in [1.82, 2.24) is 0 Å². The first-order valence-corrected chi connectivity index (χ1v) is 6.50. The van der Waals surface area contributed by atoms with E-state index < -0.39 is 0 Å². The van der Waals surface area contributed by atoms with Crippen LogP contribution in [0, 0.1) is 17.8 Å². The molecule has 4 atom stereocenters. The van der Waals surface area contributed by atoms with Crippen LogP contribution in [-0.4, -0.2) is 11.2 Å². The van der Waals surface area contributed by atoms with Crippen LogP contribution in [0.5, 0.6) is 0 Å². The van der Waals surface area contributed by atoms with Gasteiger partial charge in [-0.25, -0.2) is 0 Å². The molecule has 0 bridgehead atoms. The molecule has 0 aromatic heterocycles. The lowest BCUT2D eigenvalue weighted by atomic mass is 9.74. The smallest absolute Gasteiger partial charge is 0.0568 e. The summed E-state index contributed by atoms with van der Waals surface area (Å²) in [5.74, 6) is 1.87. The average Bonchev–Trinajstić information content (AvgIpc) is 2.21. The number of aliphatic hydroxyl groups is 1. The largest absolute Gasteiger partial charge is 0.393 e. The van der Waals surface area contributed by atoms with Crippen molar-refractivity contribution in [3.63, 3.8) is 0 Å². The van der Waals surface area contributed by atoms with E-state index in [1.807, 2.05) is 6.92 Å². The highest BCUT2D eigenvalue weighted by Crippen LogP contribution is 2.34. The van der Waals surface area contributed by atoms with E-state index in [4.69, 9.17) is 0 Å². The molecule has 0 aromatic carbocycles. The van der Waals surface area contributed by atoms with Gasteiger partial charge in [0.25, 0.3) is 0 Å². The van der Waals surface area contributed by atoms with Gasteiger partial charge in [0.1, 0.15) is 0 Å². The third-order valence-corrected chi connectivity index (χ3v) is 3.91. The molecule has 1 aliphatic carbocycles. The summed E-state index contributed by atoms with van der Waals surface area (Å²) >= 11 is 0. The minimum atomic E-state index is -0.0775. The van der Waals surface area contributed by atoms with Gasteiger partial charge in [-0.15, -0.1) is 0 Å². The first kappa shape index (κ1) is 13.5. The molecule has 1 aliphatic rings. The Hall–Kier alpha value is -0.560. The summed E-state index contributed by atoms with van der Waals surface area (Å²) in [5.41, 5.74) is 1.12. The molecule has 16 heavy (non-hydrogen) atoms. The summed E-state index contributed by atoms with van der Waals surface area (Å²) in [5, 5.41) is 9.88. The Bertz CT molecular complexity index is 254. The summed E-state index contributed by atoms with van der Waals surface area (Å²) in [6.07, 6.45) is 8.80. The molecule has 1 nitrogen and oxygen atoms in total. The zero-order chi connectivity index (χ0) is 12.1. The summed E-state index contributed by atoms with van der Waals surface area (Å²) in [6, 6.07) is 0. The second-order valence-electron chi connectivity index (χ2n) is 5.58. The fourth-order valence-corrected chi connectivity index (χ4v) is 2.52. The van der Waals surface area contributed by atoms with Crippen LogP contribution in [0.3, 0.4) is 0 Å². The molecular formula is C15H26O. The van der Waals surface area contributed by atoms with E-state index in [-0.39, 0.29) is 6.10 Å². The Morgan fingerprint density at radius 2 is 2.19 bits per heavy atom. The van der Waals surface area contributed by atoms with Crippen molar-refractivity contribution in [2.45, 2.75) is 52.6 Å². The fourth-order valence-electron chi connectivity index (χ4n) is 2.52. The van der Waals surface area contributed by atoms with Gasteiger partial charge in [0.2, 0.25) is 0 Å². The zero-order valence-corrected chi connectivity index (χ0v) is 10.9. The third kappa shape index (κ3) is 4.13. The molecule has 0 heterocycles. The van der Waals surface area contributed by atoms with Crippen molar-refractivity contribution in [1.29, 1.82) is 0 Å². The van der Waals surface area contributed by atoms with E-state index in [2.05, 4.69) is 32.6 Å². The van der Waals surface area contributed by atoms with E-state index in [1.165, 1.54) is 12.8 Å². The number of allylic oxidation sites excluding steroid dienone is 3. The molecule has 1 rings (SSSR count). The summed E-state index contributed by atoms with van der Waals surface area (Å²) in [6.45, 7) is 10.3. The van der Waals surface area contributed by atoms with Crippen LogP contribution >= 0.6 is 0 Å². The Kier molecular flexibility index (Phi) is 5.27. The molecule has 0 radical (unpaired) electrons. The quantitative estimate of drug-likeness (QED) is 0.714. The Labute approximate surface area is 100 Å². The molecule has 1 saturated carbocycles. The Morgan fingerprint density at radius 3 is 2.75 bits per heavy atom. The van der Waals surface area contributed by atoms with Crippen LogP contribution in [-0.2, 0) is 0 Å². The van der Waals surface area contributed by atoms with Crippen molar-refractivity contribution in [3.8, 4) is 0 Å². The minimum absolute atomic E-state index is 0.0775. The van der Waals surface area contributed by atoms with Gasteiger partial charge in [0, 0.05) is 0 Å². The number of rotatable bonds is 4. The first-order valence-electron chi connectivity index (χ1n) is 6.50. The zero-order valence-electron chi connectivity index (χ0n) is 10.9. The van der Waals surface area contributed by atoms with Crippen molar-refractivity contribution in [3.05, 3.63) is 24.3 Å². The standard InChI is InChI=1S/C15H26O/c1-11(2)6-5-7-12(3)14-9-8-13(4)15(16)10-14/h5-6,12-16H,1,7-10H2,2-4H3/b6-5-/t12-,13-,14-,15-/m0/s1. The van der Waals surface area contributed by atoms with Crippen LogP contribution < -0.4 is 0 Å². The Balaban J connectivity index is 2.37. The maximum Gasteiger partial charge on any atom is 0.0568 e. The van der Waals surface area contributed by atoms with Gasteiger partial charge in [-0.2, -0.15) is 0 Å². The summed E-state index contributed by atoms with van der Waals surface area (Å²) in [7, 11) is 0. The predicted octanol–water partition coefficient (Wildman–Crippen LogP) is 3.94. The van der Waals surface area contributed by atoms with Gasteiger partial charge in [-0.05, 0) is 50.4 Å². The average molecular weight is 222 g/mol. The number of hydrogen-bond donors (Lipinski definition) is 1. The van der Waals surface area contributed by atoms with Gasteiger partial charge in [-0.1, -0.05) is 38.2 Å². The molecular weight excluding hydrogens is 196 g/mol. The van der Waals surface area contributed by atoms with E-state index >= 15 is 0 Å². The lowest BCUT2D eigenvalue weighted by molar-refractivity contribution is 0.0390. The third-order valence-electron chi connectivity index (χ3n) is 3.91. The van der Waals surface area contributed by atoms with Crippen molar-refractivity contribution < 1.29 is 5.11 Å². The number of aliphatic hydroxyl groups excluding tert-OH is 1. The van der Waals surface area contributed by atoms with Gasteiger partial charge in [-0.3, -0.25) is 0 Å². The topological polar surface area (TPSA) is 20.2 Å². The maximum atomic E-state index is 9.88. The van der Waals surface area contributed by atoms with E-state index in [9.17, 15) is 5.11 Å². The predicted molar refractivity (Wildman–Crippen MR) is 70.2 cm³/mol. The van der Waals surface area contributed by atoms with E-state index in [0.717, 1.165) is 18.4 Å².